The summed E-state index contributed by atoms with van der Waals surface area (Å²) in [5, 5.41) is 0.731. The lowest BCUT2D eigenvalue weighted by molar-refractivity contribution is 0.478. The molecule has 2 N–H and O–H groups in total. The van der Waals surface area contributed by atoms with Gasteiger partial charge in [-0.05, 0) is 49.2 Å². The van der Waals surface area contributed by atoms with E-state index >= 15 is 0 Å². The van der Waals surface area contributed by atoms with E-state index in [1.54, 1.807) is 6.20 Å². The Labute approximate surface area is 118 Å². The van der Waals surface area contributed by atoms with Gasteiger partial charge in [0, 0.05) is 11.1 Å². The van der Waals surface area contributed by atoms with Crippen molar-refractivity contribution in [1.82, 2.24) is 4.98 Å². The van der Waals surface area contributed by atoms with Crippen LogP contribution in [-0.4, -0.2) is 4.98 Å². The van der Waals surface area contributed by atoms with Crippen LogP contribution >= 0.6 is 11.6 Å². The van der Waals surface area contributed by atoms with E-state index in [1.807, 2.05) is 44.2 Å². The molecular formula is C15H17ClN2O. The number of aromatic nitrogens is 1. The molecule has 2 rings (SSSR count). The number of hydrogen-bond donors (Lipinski definition) is 1. The molecule has 0 saturated carbocycles. The average molecular weight is 277 g/mol. The number of nitrogens with zero attached hydrogens (tertiary/aromatic N) is 1. The van der Waals surface area contributed by atoms with Crippen LogP contribution in [0.5, 0.6) is 11.5 Å². The highest BCUT2D eigenvalue weighted by atomic mass is 35.5. The summed E-state index contributed by atoms with van der Waals surface area (Å²) in [4.78, 5) is 4.31. The van der Waals surface area contributed by atoms with Crippen LogP contribution in [0, 0.1) is 6.92 Å². The van der Waals surface area contributed by atoms with Crippen molar-refractivity contribution in [3.8, 4) is 11.5 Å². The van der Waals surface area contributed by atoms with Crippen LogP contribution in [0.3, 0.4) is 0 Å². The molecule has 0 radical (unpaired) electrons. The van der Waals surface area contributed by atoms with E-state index in [4.69, 9.17) is 22.1 Å². The van der Waals surface area contributed by atoms with Crippen LogP contribution in [0.25, 0.3) is 0 Å². The van der Waals surface area contributed by atoms with Gasteiger partial charge in [-0.15, -0.1) is 0 Å². The van der Waals surface area contributed by atoms with E-state index in [2.05, 4.69) is 4.98 Å². The molecule has 0 fully saturated rings. The number of aryl methyl sites for hydroxylation is 1. The Morgan fingerprint density at radius 1 is 1.26 bits per heavy atom. The van der Waals surface area contributed by atoms with Gasteiger partial charge in [0.1, 0.15) is 11.5 Å². The highest BCUT2D eigenvalue weighted by Crippen LogP contribution is 2.26. The molecule has 1 aromatic heterocycles. The van der Waals surface area contributed by atoms with Gasteiger partial charge < -0.3 is 10.5 Å². The average Bonchev–Trinajstić information content (AvgIpc) is 2.43. The van der Waals surface area contributed by atoms with E-state index < -0.39 is 0 Å². The van der Waals surface area contributed by atoms with Crippen molar-refractivity contribution >= 4 is 11.6 Å². The first kappa shape index (κ1) is 13.8. The first-order chi connectivity index (χ1) is 9.10. The molecule has 0 aliphatic heterocycles. The molecule has 19 heavy (non-hydrogen) atoms. The lowest BCUT2D eigenvalue weighted by atomic mass is 10.1. The molecule has 3 nitrogen and oxygen atoms in total. The molecule has 4 heteroatoms. The van der Waals surface area contributed by atoms with Crippen molar-refractivity contribution in [1.29, 1.82) is 0 Å². The van der Waals surface area contributed by atoms with Gasteiger partial charge in [0.05, 0.1) is 11.9 Å². The van der Waals surface area contributed by atoms with Crippen LogP contribution in [-0.2, 0) is 0 Å². The molecular weight excluding hydrogens is 260 g/mol. The van der Waals surface area contributed by atoms with E-state index in [0.717, 1.165) is 28.5 Å². The fraction of sp³-hybridized carbons (Fsp3) is 0.267. The van der Waals surface area contributed by atoms with Crippen LogP contribution in [0.2, 0.25) is 5.02 Å². The second kappa shape index (κ2) is 6.04. The Kier molecular flexibility index (Phi) is 4.40. The van der Waals surface area contributed by atoms with Gasteiger partial charge in [-0.3, -0.25) is 4.98 Å². The second-order valence-corrected chi connectivity index (χ2v) is 4.85. The molecule has 0 bridgehead atoms. The Hall–Kier alpha value is -1.58. The third-order valence-corrected chi connectivity index (χ3v) is 3.37. The molecule has 0 spiro atoms. The van der Waals surface area contributed by atoms with Crippen LogP contribution in [0.1, 0.15) is 30.6 Å². The zero-order valence-corrected chi connectivity index (χ0v) is 11.8. The zero-order valence-electron chi connectivity index (χ0n) is 11.1. The maximum Gasteiger partial charge on any atom is 0.145 e. The van der Waals surface area contributed by atoms with Crippen molar-refractivity contribution in [2.45, 2.75) is 26.3 Å². The second-order valence-electron chi connectivity index (χ2n) is 4.45. The lowest BCUT2D eigenvalue weighted by Gasteiger charge is -2.10. The first-order valence-electron chi connectivity index (χ1n) is 6.25. The van der Waals surface area contributed by atoms with Crippen LogP contribution in [0.15, 0.2) is 36.5 Å². The van der Waals surface area contributed by atoms with Crippen molar-refractivity contribution < 1.29 is 4.74 Å². The van der Waals surface area contributed by atoms with Gasteiger partial charge >= 0.3 is 0 Å². The number of pyridine rings is 1. The van der Waals surface area contributed by atoms with Crippen molar-refractivity contribution in [2.75, 3.05) is 0 Å². The van der Waals surface area contributed by atoms with E-state index in [-0.39, 0.29) is 6.04 Å². The number of nitrogens with two attached hydrogens (primary N) is 1. The minimum atomic E-state index is -0.0215. The quantitative estimate of drug-likeness (QED) is 0.908. The van der Waals surface area contributed by atoms with Gasteiger partial charge in [-0.1, -0.05) is 18.5 Å². The molecule has 100 valence electrons. The Bertz CT molecular complexity index is 555. The summed E-state index contributed by atoms with van der Waals surface area (Å²) in [6.07, 6.45) is 2.55. The van der Waals surface area contributed by atoms with Crippen molar-refractivity contribution in [3.05, 3.63) is 52.8 Å². The fourth-order valence-corrected chi connectivity index (χ4v) is 1.81. The molecule has 0 aliphatic rings. The topological polar surface area (TPSA) is 48.1 Å². The predicted octanol–water partition coefficient (Wildman–Crippen LogP) is 4.25. The van der Waals surface area contributed by atoms with Crippen molar-refractivity contribution in [3.63, 3.8) is 0 Å². The van der Waals surface area contributed by atoms with Crippen LogP contribution < -0.4 is 10.5 Å². The normalized spacial score (nSPS) is 12.2. The minimum absolute atomic E-state index is 0.0215. The van der Waals surface area contributed by atoms with Gasteiger partial charge in [-0.2, -0.15) is 0 Å². The number of benzene rings is 1. The maximum atomic E-state index is 5.97. The summed E-state index contributed by atoms with van der Waals surface area (Å²) in [7, 11) is 0. The lowest BCUT2D eigenvalue weighted by Crippen LogP contribution is -2.10. The molecule has 0 aliphatic carbocycles. The predicted molar refractivity (Wildman–Crippen MR) is 77.7 cm³/mol. The molecule has 1 aromatic carbocycles. The molecule has 1 heterocycles. The number of ether oxygens (including phenoxy) is 1. The molecule has 0 saturated heterocycles. The number of hydrogen-bond acceptors (Lipinski definition) is 3. The standard InChI is InChI=1S/C15H17ClN2O/c1-3-14(17)15-7-5-12(9-18-15)19-11-4-6-13(16)10(2)8-11/h4-9,14H,3,17H2,1-2H3/t14-/m1/s1. The maximum absolute atomic E-state index is 5.97. The van der Waals surface area contributed by atoms with E-state index in [1.165, 1.54) is 0 Å². The minimum Gasteiger partial charge on any atom is -0.456 e. The molecule has 1 atom stereocenters. The van der Waals surface area contributed by atoms with E-state index in [9.17, 15) is 0 Å². The van der Waals surface area contributed by atoms with Gasteiger partial charge in [0.15, 0.2) is 0 Å². The monoisotopic (exact) mass is 276 g/mol. The SMILES string of the molecule is CC[C@@H](N)c1ccc(Oc2ccc(Cl)c(C)c2)cn1. The van der Waals surface area contributed by atoms with Crippen molar-refractivity contribution in [2.24, 2.45) is 5.73 Å². The highest BCUT2D eigenvalue weighted by Gasteiger charge is 2.05. The fourth-order valence-electron chi connectivity index (χ4n) is 1.70. The van der Waals surface area contributed by atoms with Gasteiger partial charge in [0.2, 0.25) is 0 Å². The summed E-state index contributed by atoms with van der Waals surface area (Å²) in [5.41, 5.74) is 7.78. The zero-order chi connectivity index (χ0) is 13.8. The third-order valence-electron chi connectivity index (χ3n) is 2.94. The summed E-state index contributed by atoms with van der Waals surface area (Å²) in [6, 6.07) is 9.30. The molecule has 0 unspecified atom stereocenters. The Morgan fingerprint density at radius 3 is 2.58 bits per heavy atom. The first-order valence-corrected chi connectivity index (χ1v) is 6.63. The smallest absolute Gasteiger partial charge is 0.145 e. The number of halogens is 1. The van der Waals surface area contributed by atoms with Crippen LogP contribution in [0.4, 0.5) is 0 Å². The largest absolute Gasteiger partial charge is 0.456 e. The Morgan fingerprint density at radius 2 is 2.00 bits per heavy atom. The summed E-state index contributed by atoms with van der Waals surface area (Å²) < 4.78 is 5.72. The van der Waals surface area contributed by atoms with Gasteiger partial charge in [-0.25, -0.2) is 0 Å². The molecule has 2 aromatic rings. The highest BCUT2D eigenvalue weighted by molar-refractivity contribution is 6.31. The summed E-state index contributed by atoms with van der Waals surface area (Å²) in [6.45, 7) is 3.98. The third kappa shape index (κ3) is 3.46. The Balaban J connectivity index is 2.12. The molecule has 0 amide bonds. The van der Waals surface area contributed by atoms with E-state index in [0.29, 0.717) is 5.75 Å². The van der Waals surface area contributed by atoms with Gasteiger partial charge in [0.25, 0.3) is 0 Å². The number of rotatable bonds is 4. The summed E-state index contributed by atoms with van der Waals surface area (Å²) >= 11 is 5.97. The summed E-state index contributed by atoms with van der Waals surface area (Å²) in [5.74, 6) is 1.44.